The minimum atomic E-state index is -3.40. The molecule has 2 aromatic carbocycles. The van der Waals surface area contributed by atoms with Crippen LogP contribution < -0.4 is 11.5 Å². The fourth-order valence-corrected chi connectivity index (χ4v) is 3.86. The molecule has 4 nitrogen and oxygen atoms in total. The van der Waals surface area contributed by atoms with Gasteiger partial charge in [0.15, 0.2) is 9.84 Å². The van der Waals surface area contributed by atoms with E-state index in [1.165, 1.54) is 12.1 Å². The van der Waals surface area contributed by atoms with Gasteiger partial charge in [0.25, 0.3) is 0 Å². The largest absolute Gasteiger partial charge is 0.398 e. The van der Waals surface area contributed by atoms with Crippen LogP contribution >= 0.6 is 23.2 Å². The van der Waals surface area contributed by atoms with Gasteiger partial charge in [0.05, 0.1) is 11.5 Å². The van der Waals surface area contributed by atoms with Gasteiger partial charge >= 0.3 is 0 Å². The number of sulfone groups is 1. The van der Waals surface area contributed by atoms with E-state index in [1.807, 2.05) is 0 Å². The maximum absolute atomic E-state index is 12.3. The van der Waals surface area contributed by atoms with Crippen LogP contribution in [0.2, 0.25) is 10.0 Å². The van der Waals surface area contributed by atoms with E-state index in [9.17, 15) is 8.42 Å². The van der Waals surface area contributed by atoms with E-state index in [2.05, 4.69) is 0 Å². The molecule has 0 atom stereocenters. The van der Waals surface area contributed by atoms with Gasteiger partial charge in [-0.1, -0.05) is 35.3 Å². The first-order valence-electron chi connectivity index (χ1n) is 6.05. The van der Waals surface area contributed by atoms with Gasteiger partial charge in [-0.3, -0.25) is 0 Å². The summed E-state index contributed by atoms with van der Waals surface area (Å²) in [6.45, 7) is 0. The minimum Gasteiger partial charge on any atom is -0.398 e. The Bertz CT molecular complexity index is 717. The average Bonchev–Trinajstić information content (AvgIpc) is 2.36. The Morgan fingerprint density at radius 3 is 1.52 bits per heavy atom. The molecule has 0 aliphatic carbocycles. The summed E-state index contributed by atoms with van der Waals surface area (Å²) in [5.74, 6) is -0.337. The van der Waals surface area contributed by atoms with Crippen molar-refractivity contribution in [2.24, 2.45) is 0 Å². The fourth-order valence-electron chi connectivity index (χ4n) is 1.92. The minimum absolute atomic E-state index is 0.169. The van der Waals surface area contributed by atoms with Crippen molar-refractivity contribution in [3.8, 4) is 0 Å². The predicted octanol–water partition coefficient (Wildman–Crippen LogP) is 3.27. The highest BCUT2D eigenvalue weighted by molar-refractivity contribution is 7.89. The second-order valence-corrected chi connectivity index (χ2v) is 7.66. The lowest BCUT2D eigenvalue weighted by molar-refractivity contribution is 0.594. The molecule has 0 amide bonds. The zero-order chi connectivity index (χ0) is 15.6. The molecule has 0 aliphatic heterocycles. The first-order chi connectivity index (χ1) is 9.77. The molecule has 0 heterocycles. The Kier molecular flexibility index (Phi) is 4.66. The highest BCUT2D eigenvalue weighted by atomic mass is 35.5. The predicted molar refractivity (Wildman–Crippen MR) is 88.1 cm³/mol. The lowest BCUT2D eigenvalue weighted by Gasteiger charge is -2.09. The van der Waals surface area contributed by atoms with Gasteiger partial charge in [0.2, 0.25) is 0 Å². The van der Waals surface area contributed by atoms with Crippen molar-refractivity contribution in [2.75, 3.05) is 11.5 Å². The van der Waals surface area contributed by atoms with Crippen LogP contribution in [0.5, 0.6) is 0 Å². The van der Waals surface area contributed by atoms with Gasteiger partial charge in [0.1, 0.15) is 0 Å². The molecule has 0 aromatic heterocycles. The third kappa shape index (κ3) is 4.27. The van der Waals surface area contributed by atoms with Crippen molar-refractivity contribution in [2.45, 2.75) is 11.5 Å². The van der Waals surface area contributed by atoms with Gasteiger partial charge in [-0.05, 0) is 35.4 Å². The number of anilines is 2. The van der Waals surface area contributed by atoms with E-state index in [0.29, 0.717) is 32.5 Å². The number of benzene rings is 2. The Morgan fingerprint density at radius 2 is 1.19 bits per heavy atom. The van der Waals surface area contributed by atoms with Crippen molar-refractivity contribution in [3.63, 3.8) is 0 Å². The smallest absolute Gasteiger partial charge is 0.158 e. The van der Waals surface area contributed by atoms with Crippen LogP contribution in [0.1, 0.15) is 11.1 Å². The van der Waals surface area contributed by atoms with Crippen LogP contribution in [0.4, 0.5) is 11.4 Å². The van der Waals surface area contributed by atoms with Crippen molar-refractivity contribution < 1.29 is 8.42 Å². The monoisotopic (exact) mass is 344 g/mol. The van der Waals surface area contributed by atoms with Crippen molar-refractivity contribution in [1.29, 1.82) is 0 Å². The molecule has 0 bridgehead atoms. The van der Waals surface area contributed by atoms with Gasteiger partial charge in [-0.15, -0.1) is 0 Å². The zero-order valence-corrected chi connectivity index (χ0v) is 13.3. The summed E-state index contributed by atoms with van der Waals surface area (Å²) in [7, 11) is -3.40. The van der Waals surface area contributed by atoms with Gasteiger partial charge in [-0.25, -0.2) is 8.42 Å². The summed E-state index contributed by atoms with van der Waals surface area (Å²) in [5, 5.41) is 0.936. The number of nitrogens with two attached hydrogens (primary N) is 2. The lowest BCUT2D eigenvalue weighted by atomic mass is 10.2. The van der Waals surface area contributed by atoms with Crippen LogP contribution in [0, 0.1) is 0 Å². The fraction of sp³-hybridized carbons (Fsp3) is 0.143. The third-order valence-electron chi connectivity index (χ3n) is 2.97. The van der Waals surface area contributed by atoms with Crippen molar-refractivity contribution in [1.82, 2.24) is 0 Å². The summed E-state index contributed by atoms with van der Waals surface area (Å²) in [4.78, 5) is 0. The standard InChI is InChI=1S/C14H14Cl2N2O2S/c15-11-3-1-9(13(17)5-11)7-21(19,20)8-10-2-4-12(16)6-14(10)18/h1-6H,7-8,17-18H2. The normalized spacial score (nSPS) is 11.5. The molecule has 0 unspecified atom stereocenters. The molecule has 0 saturated heterocycles. The second-order valence-electron chi connectivity index (χ2n) is 4.72. The molecule has 0 fully saturated rings. The summed E-state index contributed by atoms with van der Waals surface area (Å²) in [5.41, 5.74) is 13.3. The Morgan fingerprint density at radius 1 is 0.810 bits per heavy atom. The number of rotatable bonds is 4. The number of nitrogen functional groups attached to an aromatic ring is 2. The van der Waals surface area contributed by atoms with Gasteiger partial charge in [0, 0.05) is 21.4 Å². The number of halogens is 2. The lowest BCUT2D eigenvalue weighted by Crippen LogP contribution is -2.10. The van der Waals surface area contributed by atoms with Crippen LogP contribution in [-0.4, -0.2) is 8.42 Å². The van der Waals surface area contributed by atoms with Crippen LogP contribution in [0.3, 0.4) is 0 Å². The van der Waals surface area contributed by atoms with Crippen LogP contribution in [0.15, 0.2) is 36.4 Å². The molecule has 2 rings (SSSR count). The SMILES string of the molecule is Nc1cc(Cl)ccc1CS(=O)(=O)Cc1ccc(Cl)cc1N. The van der Waals surface area contributed by atoms with Gasteiger partial charge in [-0.2, -0.15) is 0 Å². The molecular formula is C14H14Cl2N2O2S. The molecule has 4 N–H and O–H groups in total. The molecule has 0 aliphatic rings. The molecule has 21 heavy (non-hydrogen) atoms. The van der Waals surface area contributed by atoms with E-state index < -0.39 is 9.84 Å². The molecule has 0 radical (unpaired) electrons. The molecule has 0 saturated carbocycles. The average molecular weight is 345 g/mol. The topological polar surface area (TPSA) is 86.2 Å². The Labute approximate surface area is 133 Å². The summed E-state index contributed by atoms with van der Waals surface area (Å²) < 4.78 is 24.5. The van der Waals surface area contributed by atoms with Crippen LogP contribution in [0.25, 0.3) is 0 Å². The number of hydrogen-bond acceptors (Lipinski definition) is 4. The highest BCUT2D eigenvalue weighted by Crippen LogP contribution is 2.24. The maximum atomic E-state index is 12.3. The van der Waals surface area contributed by atoms with E-state index in [4.69, 9.17) is 34.7 Å². The van der Waals surface area contributed by atoms with E-state index in [-0.39, 0.29) is 11.5 Å². The summed E-state index contributed by atoms with van der Waals surface area (Å²) in [6, 6.07) is 9.51. The quantitative estimate of drug-likeness (QED) is 0.833. The maximum Gasteiger partial charge on any atom is 0.158 e. The van der Waals surface area contributed by atoms with E-state index in [0.717, 1.165) is 0 Å². The molecule has 0 spiro atoms. The van der Waals surface area contributed by atoms with Crippen LogP contribution in [-0.2, 0) is 21.3 Å². The highest BCUT2D eigenvalue weighted by Gasteiger charge is 2.16. The second kappa shape index (κ2) is 6.13. The molecular weight excluding hydrogens is 331 g/mol. The Balaban J connectivity index is 2.22. The van der Waals surface area contributed by atoms with E-state index >= 15 is 0 Å². The first-order valence-corrected chi connectivity index (χ1v) is 8.63. The zero-order valence-electron chi connectivity index (χ0n) is 11.0. The summed E-state index contributed by atoms with van der Waals surface area (Å²) >= 11 is 11.6. The van der Waals surface area contributed by atoms with Crippen molar-refractivity contribution >= 4 is 44.4 Å². The molecule has 7 heteroatoms. The number of hydrogen-bond donors (Lipinski definition) is 2. The van der Waals surface area contributed by atoms with E-state index in [1.54, 1.807) is 24.3 Å². The van der Waals surface area contributed by atoms with Crippen molar-refractivity contribution in [3.05, 3.63) is 57.6 Å². The van der Waals surface area contributed by atoms with Gasteiger partial charge < -0.3 is 11.5 Å². The third-order valence-corrected chi connectivity index (χ3v) is 4.94. The summed E-state index contributed by atoms with van der Waals surface area (Å²) in [6.07, 6.45) is 0. The molecule has 2 aromatic rings. The molecule has 112 valence electrons. The Hall–Kier alpha value is -1.43. The first kappa shape index (κ1) is 15.9.